The first-order valence-electron chi connectivity index (χ1n) is 5.78. The standard InChI is InChI=1S/C10H14N6O2S/c11-8-6-9(15-10(12)14-8)16(3-13-6)4-2-19-5(1-17)7(4)18/h3-5,7,17-18H,1-2H2,(H4,11,12,14,15)/t4-,5-,7+/m1/s1. The molecule has 3 atom stereocenters. The maximum absolute atomic E-state index is 10.2. The topological polar surface area (TPSA) is 136 Å². The highest BCUT2D eigenvalue weighted by Gasteiger charge is 2.37. The van der Waals surface area contributed by atoms with E-state index in [1.165, 1.54) is 11.8 Å². The molecule has 0 saturated carbocycles. The lowest BCUT2D eigenvalue weighted by molar-refractivity contribution is 0.109. The summed E-state index contributed by atoms with van der Waals surface area (Å²) in [6, 6.07) is -0.208. The van der Waals surface area contributed by atoms with Crippen LogP contribution in [-0.2, 0) is 0 Å². The van der Waals surface area contributed by atoms with Gasteiger partial charge in [0.25, 0.3) is 0 Å². The second kappa shape index (κ2) is 4.51. The third-order valence-corrected chi connectivity index (χ3v) is 4.65. The number of nitrogens with two attached hydrogens (primary N) is 2. The molecule has 1 saturated heterocycles. The Labute approximate surface area is 112 Å². The summed E-state index contributed by atoms with van der Waals surface area (Å²) in [4.78, 5) is 12.1. The van der Waals surface area contributed by atoms with E-state index < -0.39 is 6.10 Å². The van der Waals surface area contributed by atoms with E-state index in [-0.39, 0.29) is 29.7 Å². The largest absolute Gasteiger partial charge is 0.395 e. The third kappa shape index (κ3) is 1.90. The van der Waals surface area contributed by atoms with Crippen molar-refractivity contribution >= 4 is 34.7 Å². The zero-order valence-electron chi connectivity index (χ0n) is 9.97. The summed E-state index contributed by atoms with van der Waals surface area (Å²) in [5.41, 5.74) is 12.3. The van der Waals surface area contributed by atoms with Crippen LogP contribution in [0.5, 0.6) is 0 Å². The fourth-order valence-electron chi connectivity index (χ4n) is 2.27. The van der Waals surface area contributed by atoms with Crippen LogP contribution in [0.2, 0.25) is 0 Å². The lowest BCUT2D eigenvalue weighted by Crippen LogP contribution is -2.29. The number of nitrogen functional groups attached to an aromatic ring is 2. The third-order valence-electron chi connectivity index (χ3n) is 3.26. The van der Waals surface area contributed by atoms with Gasteiger partial charge >= 0.3 is 0 Å². The molecule has 3 rings (SSSR count). The Morgan fingerprint density at radius 3 is 2.89 bits per heavy atom. The monoisotopic (exact) mass is 282 g/mol. The predicted octanol–water partition coefficient (Wildman–Crippen LogP) is -1.000. The summed E-state index contributed by atoms with van der Waals surface area (Å²) in [5, 5.41) is 19.2. The van der Waals surface area contributed by atoms with Crippen LogP contribution < -0.4 is 11.5 Å². The van der Waals surface area contributed by atoms with Crippen LogP contribution in [0.1, 0.15) is 6.04 Å². The van der Waals surface area contributed by atoms with Gasteiger partial charge in [-0.15, -0.1) is 0 Å². The average Bonchev–Trinajstić information content (AvgIpc) is 2.92. The molecule has 1 aliphatic rings. The van der Waals surface area contributed by atoms with E-state index in [0.717, 1.165) is 0 Å². The highest BCUT2D eigenvalue weighted by Crippen LogP contribution is 2.36. The Bertz CT molecular complexity index is 617. The zero-order chi connectivity index (χ0) is 13.6. The van der Waals surface area contributed by atoms with Gasteiger partial charge in [0, 0.05) is 5.75 Å². The molecule has 9 heteroatoms. The van der Waals surface area contributed by atoms with Crippen molar-refractivity contribution in [1.82, 2.24) is 19.5 Å². The van der Waals surface area contributed by atoms with Gasteiger partial charge in [-0.2, -0.15) is 21.7 Å². The lowest BCUT2D eigenvalue weighted by Gasteiger charge is -2.18. The van der Waals surface area contributed by atoms with E-state index in [9.17, 15) is 10.2 Å². The van der Waals surface area contributed by atoms with Gasteiger partial charge < -0.3 is 26.2 Å². The second-order valence-corrected chi connectivity index (χ2v) is 5.68. The zero-order valence-corrected chi connectivity index (χ0v) is 10.8. The van der Waals surface area contributed by atoms with Crippen LogP contribution in [-0.4, -0.2) is 53.4 Å². The highest BCUT2D eigenvalue weighted by molar-refractivity contribution is 8.00. The Morgan fingerprint density at radius 1 is 1.42 bits per heavy atom. The van der Waals surface area contributed by atoms with Crippen molar-refractivity contribution < 1.29 is 10.2 Å². The average molecular weight is 282 g/mol. The molecule has 6 N–H and O–H groups in total. The van der Waals surface area contributed by atoms with E-state index >= 15 is 0 Å². The summed E-state index contributed by atoms with van der Waals surface area (Å²) in [6.07, 6.45) is 0.911. The first kappa shape index (κ1) is 12.5. The van der Waals surface area contributed by atoms with Crippen LogP contribution in [0, 0.1) is 0 Å². The smallest absolute Gasteiger partial charge is 0.224 e. The van der Waals surface area contributed by atoms with Gasteiger partial charge in [-0.25, -0.2) is 4.98 Å². The number of anilines is 2. The summed E-state index contributed by atoms with van der Waals surface area (Å²) in [7, 11) is 0. The van der Waals surface area contributed by atoms with Crippen LogP contribution in [0.25, 0.3) is 11.2 Å². The van der Waals surface area contributed by atoms with Crippen molar-refractivity contribution in [3.8, 4) is 0 Å². The molecule has 1 fully saturated rings. The number of thioether (sulfide) groups is 1. The van der Waals surface area contributed by atoms with Gasteiger partial charge in [0.15, 0.2) is 11.5 Å². The van der Waals surface area contributed by atoms with E-state index in [0.29, 0.717) is 16.9 Å². The van der Waals surface area contributed by atoms with Gasteiger partial charge in [0.2, 0.25) is 5.95 Å². The number of aromatic nitrogens is 4. The van der Waals surface area contributed by atoms with Gasteiger partial charge in [0.1, 0.15) is 5.52 Å². The number of hydrogen-bond acceptors (Lipinski definition) is 8. The Balaban J connectivity index is 2.07. The van der Waals surface area contributed by atoms with Crippen LogP contribution in [0.3, 0.4) is 0 Å². The number of fused-ring (bicyclic) bond motifs is 1. The number of rotatable bonds is 2. The number of nitrogens with zero attached hydrogens (tertiary/aromatic N) is 4. The van der Waals surface area contributed by atoms with Gasteiger partial charge in [-0.05, 0) is 0 Å². The molecule has 19 heavy (non-hydrogen) atoms. The quantitative estimate of drug-likeness (QED) is 0.550. The molecule has 0 bridgehead atoms. The molecule has 2 aromatic heterocycles. The molecule has 0 aromatic carbocycles. The normalized spacial score (nSPS) is 27.2. The molecule has 102 valence electrons. The molecule has 1 aliphatic heterocycles. The Hall–Kier alpha value is -1.58. The van der Waals surface area contributed by atoms with Crippen molar-refractivity contribution in [1.29, 1.82) is 0 Å². The summed E-state index contributed by atoms with van der Waals surface area (Å²) >= 11 is 1.52. The molecule has 0 aliphatic carbocycles. The molecule has 0 radical (unpaired) electrons. The van der Waals surface area contributed by atoms with E-state index in [4.69, 9.17) is 11.5 Å². The molecular formula is C10H14N6O2S. The maximum atomic E-state index is 10.2. The Kier molecular flexibility index (Phi) is 2.96. The van der Waals surface area contributed by atoms with Crippen LogP contribution >= 0.6 is 11.8 Å². The first-order valence-corrected chi connectivity index (χ1v) is 6.82. The molecule has 3 heterocycles. The first-order chi connectivity index (χ1) is 9.11. The number of imidazole rings is 1. The fourth-order valence-corrected chi connectivity index (χ4v) is 3.56. The Morgan fingerprint density at radius 2 is 2.21 bits per heavy atom. The molecule has 2 aromatic rings. The van der Waals surface area contributed by atoms with Crippen molar-refractivity contribution in [2.75, 3.05) is 23.8 Å². The minimum atomic E-state index is -0.662. The fraction of sp³-hybridized carbons (Fsp3) is 0.500. The SMILES string of the molecule is Nc1nc(N)c2ncn([C@@H]3CS[C@H](CO)[C@H]3O)c2n1. The summed E-state index contributed by atoms with van der Waals surface area (Å²) < 4.78 is 1.75. The minimum Gasteiger partial charge on any atom is -0.395 e. The van der Waals surface area contributed by atoms with Crippen LogP contribution in [0.15, 0.2) is 6.33 Å². The van der Waals surface area contributed by atoms with Gasteiger partial charge in [-0.3, -0.25) is 0 Å². The molecule has 0 unspecified atom stereocenters. The number of aliphatic hydroxyl groups is 2. The second-order valence-electron chi connectivity index (χ2n) is 4.40. The van der Waals surface area contributed by atoms with Gasteiger partial charge in [-0.1, -0.05) is 0 Å². The highest BCUT2D eigenvalue weighted by atomic mass is 32.2. The van der Waals surface area contributed by atoms with Crippen molar-refractivity contribution in [3.05, 3.63) is 6.33 Å². The lowest BCUT2D eigenvalue weighted by atomic mass is 10.1. The molecule has 0 spiro atoms. The minimum absolute atomic E-state index is 0.0613. The van der Waals surface area contributed by atoms with E-state index in [1.54, 1.807) is 10.9 Å². The maximum Gasteiger partial charge on any atom is 0.224 e. The molecular weight excluding hydrogens is 268 g/mol. The molecule has 0 amide bonds. The summed E-state index contributed by atoms with van der Waals surface area (Å²) in [5.74, 6) is 0.965. The van der Waals surface area contributed by atoms with Crippen molar-refractivity contribution in [3.63, 3.8) is 0 Å². The van der Waals surface area contributed by atoms with Gasteiger partial charge in [0.05, 0.1) is 30.3 Å². The molecule has 8 nitrogen and oxygen atoms in total. The summed E-state index contributed by atoms with van der Waals surface area (Å²) in [6.45, 7) is -0.0613. The van der Waals surface area contributed by atoms with Crippen molar-refractivity contribution in [2.24, 2.45) is 0 Å². The number of aliphatic hydroxyl groups excluding tert-OH is 2. The van der Waals surface area contributed by atoms with Crippen LogP contribution in [0.4, 0.5) is 11.8 Å². The number of hydrogen-bond donors (Lipinski definition) is 4. The van der Waals surface area contributed by atoms with Crippen molar-refractivity contribution in [2.45, 2.75) is 17.4 Å². The van der Waals surface area contributed by atoms with E-state index in [1.807, 2.05) is 0 Å². The van der Waals surface area contributed by atoms with E-state index in [2.05, 4.69) is 15.0 Å². The predicted molar refractivity (Wildman–Crippen MR) is 72.5 cm³/mol.